The van der Waals surface area contributed by atoms with E-state index in [4.69, 9.17) is 0 Å². The third kappa shape index (κ3) is 2.51. The van der Waals surface area contributed by atoms with E-state index in [-0.39, 0.29) is 5.78 Å². The Morgan fingerprint density at radius 1 is 1.42 bits per heavy atom. The smallest absolute Gasteiger partial charge is 0.351 e. The Bertz CT molecular complexity index is 553. The van der Waals surface area contributed by atoms with Gasteiger partial charge in [-0.15, -0.1) is 0 Å². The predicted octanol–water partition coefficient (Wildman–Crippen LogP) is 0.921. The molecular weight excluding hydrogens is 244 g/mol. The van der Waals surface area contributed by atoms with E-state index in [1.54, 1.807) is 24.3 Å². The van der Waals surface area contributed by atoms with Crippen molar-refractivity contribution in [3.8, 4) is 11.8 Å². The molecule has 1 aromatic carbocycles. The van der Waals surface area contributed by atoms with E-state index in [2.05, 4.69) is 16.6 Å². The summed E-state index contributed by atoms with van der Waals surface area (Å²) in [5.41, 5.74) is -1.38. The number of benzene rings is 1. The monoisotopic (exact) mass is 258 g/mol. The molecule has 0 amide bonds. The largest absolute Gasteiger partial charge is 0.466 e. The molecule has 1 fully saturated rings. The Balaban J connectivity index is 2.32. The van der Waals surface area contributed by atoms with Crippen molar-refractivity contribution < 1.29 is 19.4 Å². The van der Waals surface area contributed by atoms with E-state index < -0.39 is 17.5 Å². The van der Waals surface area contributed by atoms with Crippen LogP contribution in [-0.2, 0) is 14.3 Å². The molecular formula is C15H14O4. The first-order chi connectivity index (χ1) is 9.08. The van der Waals surface area contributed by atoms with Gasteiger partial charge in [-0.25, -0.2) is 4.79 Å². The number of ether oxygens (including phenoxy) is 1. The third-order valence-electron chi connectivity index (χ3n) is 3.24. The summed E-state index contributed by atoms with van der Waals surface area (Å²) in [7, 11) is 1.17. The maximum atomic E-state index is 11.7. The van der Waals surface area contributed by atoms with Crippen LogP contribution in [-0.4, -0.2) is 29.6 Å². The highest BCUT2D eigenvalue weighted by Gasteiger charge is 2.51. The summed E-state index contributed by atoms with van der Waals surface area (Å²) in [4.78, 5) is 23.2. The second-order valence-corrected chi connectivity index (χ2v) is 4.43. The summed E-state index contributed by atoms with van der Waals surface area (Å²) in [6.07, 6.45) is 0.824. The highest BCUT2D eigenvalue weighted by Crippen LogP contribution is 2.33. The van der Waals surface area contributed by atoms with Gasteiger partial charge >= 0.3 is 5.97 Å². The van der Waals surface area contributed by atoms with Gasteiger partial charge in [0.1, 0.15) is 5.78 Å². The first kappa shape index (κ1) is 13.3. The average molecular weight is 258 g/mol. The highest BCUT2D eigenvalue weighted by molar-refractivity contribution is 5.96. The summed E-state index contributed by atoms with van der Waals surface area (Å²) in [6, 6.07) is 8.96. The lowest BCUT2D eigenvalue weighted by Crippen LogP contribution is -2.52. The minimum Gasteiger partial charge on any atom is -0.466 e. The van der Waals surface area contributed by atoms with E-state index >= 15 is 0 Å². The first-order valence-electron chi connectivity index (χ1n) is 5.99. The number of Topliss-reactive ketones (excluding diaryl/α,β-unsaturated/α-hetero) is 1. The van der Waals surface area contributed by atoms with Crippen LogP contribution in [0.5, 0.6) is 0 Å². The lowest BCUT2D eigenvalue weighted by Gasteiger charge is -2.33. The summed E-state index contributed by atoms with van der Waals surface area (Å²) in [6.45, 7) is 0. The molecule has 19 heavy (non-hydrogen) atoms. The van der Waals surface area contributed by atoms with Crippen LogP contribution in [0.3, 0.4) is 0 Å². The molecule has 0 bridgehead atoms. The van der Waals surface area contributed by atoms with Crippen LogP contribution in [0, 0.1) is 17.8 Å². The van der Waals surface area contributed by atoms with Crippen LogP contribution in [0.2, 0.25) is 0 Å². The van der Waals surface area contributed by atoms with Gasteiger partial charge < -0.3 is 9.84 Å². The van der Waals surface area contributed by atoms with Crippen LogP contribution in [0.1, 0.15) is 18.4 Å². The van der Waals surface area contributed by atoms with E-state index in [9.17, 15) is 14.7 Å². The summed E-state index contributed by atoms with van der Waals surface area (Å²) in [5.74, 6) is 3.40. The molecule has 1 aliphatic rings. The van der Waals surface area contributed by atoms with Gasteiger partial charge in [-0.1, -0.05) is 30.0 Å². The van der Waals surface area contributed by atoms with Crippen molar-refractivity contribution in [3.63, 3.8) is 0 Å². The molecule has 0 radical (unpaired) electrons. The van der Waals surface area contributed by atoms with Crippen molar-refractivity contribution in [1.29, 1.82) is 0 Å². The summed E-state index contributed by atoms with van der Waals surface area (Å²) in [5, 5.41) is 10.4. The molecule has 1 aromatic rings. The Labute approximate surface area is 111 Å². The van der Waals surface area contributed by atoms with Crippen LogP contribution in [0.4, 0.5) is 0 Å². The zero-order valence-corrected chi connectivity index (χ0v) is 10.6. The van der Waals surface area contributed by atoms with E-state index in [0.717, 1.165) is 0 Å². The Hall–Kier alpha value is -2.12. The normalized spacial score (nSPS) is 20.5. The number of rotatable bonds is 2. The number of carbonyl (C=O) groups excluding carboxylic acids is 2. The third-order valence-corrected chi connectivity index (χ3v) is 3.24. The van der Waals surface area contributed by atoms with E-state index in [0.29, 0.717) is 18.4 Å². The van der Waals surface area contributed by atoms with Gasteiger partial charge in [0.2, 0.25) is 5.60 Å². The van der Waals surface area contributed by atoms with Crippen LogP contribution >= 0.6 is 0 Å². The topological polar surface area (TPSA) is 63.6 Å². The quantitative estimate of drug-likeness (QED) is 0.633. The Kier molecular flexibility index (Phi) is 3.68. The Morgan fingerprint density at radius 2 is 2.11 bits per heavy atom. The number of ketones is 1. The number of methoxy groups -OCH3 is 1. The summed E-state index contributed by atoms with van der Waals surface area (Å²) >= 11 is 0. The number of carbonyl (C=O) groups is 2. The van der Waals surface area contributed by atoms with Crippen molar-refractivity contribution in [2.24, 2.45) is 5.92 Å². The molecule has 0 aromatic heterocycles. The molecule has 1 saturated carbocycles. The van der Waals surface area contributed by atoms with Crippen molar-refractivity contribution in [1.82, 2.24) is 0 Å². The van der Waals surface area contributed by atoms with E-state index in [1.165, 1.54) is 7.11 Å². The lowest BCUT2D eigenvalue weighted by molar-refractivity contribution is -0.168. The highest BCUT2D eigenvalue weighted by atomic mass is 16.5. The van der Waals surface area contributed by atoms with Crippen LogP contribution in [0.25, 0.3) is 0 Å². The Morgan fingerprint density at radius 3 is 2.58 bits per heavy atom. The number of hydrogen-bond donors (Lipinski definition) is 1. The molecule has 4 nitrogen and oxygen atoms in total. The lowest BCUT2D eigenvalue weighted by atomic mass is 9.72. The van der Waals surface area contributed by atoms with Crippen LogP contribution in [0.15, 0.2) is 30.3 Å². The molecule has 1 N–H and O–H groups in total. The van der Waals surface area contributed by atoms with Gasteiger partial charge in [-0.05, 0) is 18.6 Å². The zero-order chi connectivity index (χ0) is 13.9. The fourth-order valence-corrected chi connectivity index (χ4v) is 1.97. The first-order valence-corrected chi connectivity index (χ1v) is 5.99. The van der Waals surface area contributed by atoms with Gasteiger partial charge in [0.15, 0.2) is 0 Å². The molecule has 4 heteroatoms. The number of aliphatic hydroxyl groups is 1. The number of esters is 1. The van der Waals surface area contributed by atoms with Gasteiger partial charge in [0.25, 0.3) is 0 Å². The zero-order valence-electron chi connectivity index (χ0n) is 10.6. The van der Waals surface area contributed by atoms with Gasteiger partial charge in [0.05, 0.1) is 13.0 Å². The second-order valence-electron chi connectivity index (χ2n) is 4.43. The molecule has 0 heterocycles. The minimum atomic E-state index is -2.04. The molecule has 0 aliphatic heterocycles. The molecule has 0 unspecified atom stereocenters. The molecule has 0 spiro atoms. The molecule has 2 rings (SSSR count). The fourth-order valence-electron chi connectivity index (χ4n) is 1.97. The average Bonchev–Trinajstić information content (AvgIpc) is 2.43. The molecule has 98 valence electrons. The SMILES string of the molecule is COC(=O)[C@](O)(C#Cc1ccccc1)[C@H]1CCC1=O. The maximum absolute atomic E-state index is 11.7. The van der Waals surface area contributed by atoms with Crippen molar-refractivity contribution >= 4 is 11.8 Å². The van der Waals surface area contributed by atoms with Crippen molar-refractivity contribution in [2.45, 2.75) is 18.4 Å². The predicted molar refractivity (Wildman–Crippen MR) is 68.0 cm³/mol. The fraction of sp³-hybridized carbons (Fsp3) is 0.333. The van der Waals surface area contributed by atoms with E-state index in [1.807, 2.05) is 6.07 Å². The van der Waals surface area contributed by atoms with Gasteiger partial charge in [-0.2, -0.15) is 0 Å². The van der Waals surface area contributed by atoms with Gasteiger partial charge in [0, 0.05) is 12.0 Å². The molecule has 0 saturated heterocycles. The molecule has 1 aliphatic carbocycles. The van der Waals surface area contributed by atoms with Crippen molar-refractivity contribution in [2.75, 3.05) is 7.11 Å². The van der Waals surface area contributed by atoms with Crippen molar-refractivity contribution in [3.05, 3.63) is 35.9 Å². The second kappa shape index (κ2) is 5.25. The summed E-state index contributed by atoms with van der Waals surface area (Å²) < 4.78 is 4.57. The van der Waals surface area contributed by atoms with Crippen LogP contribution < -0.4 is 0 Å². The molecule has 2 atom stereocenters. The standard InChI is InChI=1S/C15H14O4/c1-19-14(17)15(18,12-7-8-13(12)16)10-9-11-5-3-2-4-6-11/h2-6,12,18H,7-8H2,1H3/t12-,15-/m0/s1. The minimum absolute atomic E-state index is 0.157. The maximum Gasteiger partial charge on any atom is 0.351 e. The van der Waals surface area contributed by atoms with Gasteiger partial charge in [-0.3, -0.25) is 4.79 Å². The number of hydrogen-bond acceptors (Lipinski definition) is 4.